The third-order valence-electron chi connectivity index (χ3n) is 3.62. The summed E-state index contributed by atoms with van der Waals surface area (Å²) in [5.74, 6) is -0.183. The first kappa shape index (κ1) is 15.0. The third kappa shape index (κ3) is 3.45. The van der Waals surface area contributed by atoms with Gasteiger partial charge in [0.1, 0.15) is 5.75 Å². The van der Waals surface area contributed by atoms with Crippen molar-refractivity contribution in [2.75, 3.05) is 13.2 Å². The Labute approximate surface area is 133 Å². The van der Waals surface area contributed by atoms with Crippen molar-refractivity contribution >= 4 is 11.8 Å². The molecule has 0 spiro atoms. The monoisotopic (exact) mass is 312 g/mol. The molecular weight excluding hydrogens is 296 g/mol. The van der Waals surface area contributed by atoms with Crippen LogP contribution in [-0.2, 0) is 17.8 Å². The Morgan fingerprint density at radius 3 is 2.78 bits per heavy atom. The molecule has 2 heterocycles. The molecule has 2 amide bonds. The molecule has 3 rings (SSSR count). The third-order valence-corrected chi connectivity index (χ3v) is 3.62. The molecule has 1 aromatic heterocycles. The van der Waals surface area contributed by atoms with Crippen molar-refractivity contribution in [1.82, 2.24) is 14.9 Å². The molecule has 0 fully saturated rings. The maximum atomic E-state index is 12.3. The number of rotatable bonds is 4. The van der Waals surface area contributed by atoms with E-state index in [1.54, 1.807) is 23.2 Å². The van der Waals surface area contributed by atoms with Crippen LogP contribution in [0.15, 0.2) is 36.5 Å². The summed E-state index contributed by atoms with van der Waals surface area (Å²) < 4.78 is 5.47. The zero-order chi connectivity index (χ0) is 16.2. The second-order valence-electron chi connectivity index (χ2n) is 5.20. The number of aromatic nitrogens is 2. The Hall–Kier alpha value is -2.96. The van der Waals surface area contributed by atoms with Gasteiger partial charge in [-0.2, -0.15) is 0 Å². The van der Waals surface area contributed by atoms with Gasteiger partial charge in [-0.1, -0.05) is 18.2 Å². The van der Waals surface area contributed by atoms with E-state index in [9.17, 15) is 9.59 Å². The highest BCUT2D eigenvalue weighted by Crippen LogP contribution is 2.17. The van der Waals surface area contributed by atoms with E-state index in [0.717, 1.165) is 5.56 Å². The number of carbonyl (C=O) groups is 2. The average molecular weight is 312 g/mol. The van der Waals surface area contributed by atoms with Crippen LogP contribution in [0.3, 0.4) is 0 Å². The Kier molecular flexibility index (Phi) is 4.18. The quantitative estimate of drug-likeness (QED) is 0.888. The number of fused-ring (bicyclic) bond motifs is 1. The summed E-state index contributed by atoms with van der Waals surface area (Å²) in [5, 5.41) is 0. The summed E-state index contributed by atoms with van der Waals surface area (Å²) in [4.78, 5) is 33.1. The van der Waals surface area contributed by atoms with Crippen molar-refractivity contribution in [3.63, 3.8) is 0 Å². The summed E-state index contributed by atoms with van der Waals surface area (Å²) in [6, 6.07) is 9.17. The van der Waals surface area contributed by atoms with E-state index in [4.69, 9.17) is 10.5 Å². The maximum Gasteiger partial charge on any atom is 0.286 e. The van der Waals surface area contributed by atoms with E-state index < -0.39 is 5.91 Å². The molecular formula is C16H16N4O3. The first-order valence-electron chi connectivity index (χ1n) is 7.23. The van der Waals surface area contributed by atoms with Crippen LogP contribution in [-0.4, -0.2) is 39.8 Å². The van der Waals surface area contributed by atoms with Crippen molar-refractivity contribution < 1.29 is 14.3 Å². The van der Waals surface area contributed by atoms with Crippen LogP contribution >= 0.6 is 0 Å². The minimum atomic E-state index is -0.677. The van der Waals surface area contributed by atoms with Gasteiger partial charge in [-0.05, 0) is 24.1 Å². The highest BCUT2D eigenvalue weighted by atomic mass is 16.5. The Balaban J connectivity index is 1.65. The summed E-state index contributed by atoms with van der Waals surface area (Å²) in [6.45, 7) is 0.867. The number of primary amides is 1. The van der Waals surface area contributed by atoms with Gasteiger partial charge in [0.15, 0.2) is 6.61 Å². The molecule has 0 radical (unpaired) electrons. The van der Waals surface area contributed by atoms with Gasteiger partial charge in [-0.15, -0.1) is 0 Å². The number of nitrogens with two attached hydrogens (primary N) is 1. The second-order valence-corrected chi connectivity index (χ2v) is 5.20. The molecule has 2 N–H and O–H groups in total. The Morgan fingerprint density at radius 2 is 2.04 bits per heavy atom. The fourth-order valence-corrected chi connectivity index (χ4v) is 2.39. The van der Waals surface area contributed by atoms with Crippen LogP contribution in [0.4, 0.5) is 0 Å². The lowest BCUT2D eigenvalue weighted by Crippen LogP contribution is -2.39. The number of hydrogen-bond acceptors (Lipinski definition) is 5. The number of carbonyl (C=O) groups excluding carboxylic acids is 2. The average Bonchev–Trinajstić information content (AvgIpc) is 2.59. The molecule has 0 aliphatic carbocycles. The van der Waals surface area contributed by atoms with E-state index in [-0.39, 0.29) is 18.3 Å². The molecule has 1 aliphatic rings. The summed E-state index contributed by atoms with van der Waals surface area (Å²) >= 11 is 0. The molecule has 1 aliphatic heterocycles. The fraction of sp³-hybridized carbons (Fsp3) is 0.250. The van der Waals surface area contributed by atoms with E-state index >= 15 is 0 Å². The molecule has 0 unspecified atom stereocenters. The van der Waals surface area contributed by atoms with Gasteiger partial charge >= 0.3 is 0 Å². The van der Waals surface area contributed by atoms with Crippen LogP contribution < -0.4 is 10.5 Å². The Morgan fingerprint density at radius 1 is 1.26 bits per heavy atom. The van der Waals surface area contributed by atoms with Crippen LogP contribution in [0, 0.1) is 0 Å². The van der Waals surface area contributed by atoms with Gasteiger partial charge < -0.3 is 15.4 Å². The standard InChI is InChI=1S/C16H16N4O3/c17-15(22)16-18-8-11-6-7-20(9-13(11)19-16)14(21)10-23-12-4-2-1-3-5-12/h1-5,8H,6-7,9-10H2,(H2,17,22). The van der Waals surface area contributed by atoms with Gasteiger partial charge in [-0.25, -0.2) is 9.97 Å². The number of hydrogen-bond donors (Lipinski definition) is 1. The van der Waals surface area contributed by atoms with E-state index in [1.165, 1.54) is 0 Å². The van der Waals surface area contributed by atoms with Gasteiger partial charge in [-0.3, -0.25) is 9.59 Å². The van der Waals surface area contributed by atoms with Crippen LogP contribution in [0.5, 0.6) is 5.75 Å². The van der Waals surface area contributed by atoms with Gasteiger partial charge in [0, 0.05) is 12.7 Å². The van der Waals surface area contributed by atoms with Crippen molar-refractivity contribution in [3.05, 3.63) is 53.6 Å². The number of ether oxygens (including phenoxy) is 1. The minimum absolute atomic E-state index is 0.0291. The second kappa shape index (κ2) is 6.43. The normalized spacial score (nSPS) is 13.3. The smallest absolute Gasteiger partial charge is 0.286 e. The molecule has 0 bridgehead atoms. The molecule has 0 atom stereocenters. The van der Waals surface area contributed by atoms with E-state index in [0.29, 0.717) is 31.0 Å². The van der Waals surface area contributed by atoms with Crippen LogP contribution in [0.25, 0.3) is 0 Å². The molecule has 23 heavy (non-hydrogen) atoms. The van der Waals surface area contributed by atoms with Crippen LogP contribution in [0.1, 0.15) is 21.9 Å². The number of benzene rings is 1. The molecule has 7 heteroatoms. The number of amides is 2. The largest absolute Gasteiger partial charge is 0.484 e. The zero-order valence-electron chi connectivity index (χ0n) is 12.4. The topological polar surface area (TPSA) is 98.4 Å². The van der Waals surface area contributed by atoms with Crippen molar-refractivity contribution in [3.8, 4) is 5.75 Å². The maximum absolute atomic E-state index is 12.3. The first-order valence-corrected chi connectivity index (χ1v) is 7.23. The number of nitrogens with zero attached hydrogens (tertiary/aromatic N) is 3. The highest BCUT2D eigenvalue weighted by molar-refractivity contribution is 5.88. The fourth-order valence-electron chi connectivity index (χ4n) is 2.39. The predicted molar refractivity (Wildman–Crippen MR) is 81.6 cm³/mol. The summed E-state index contributed by atoms with van der Waals surface area (Å²) in [7, 11) is 0. The van der Waals surface area contributed by atoms with Crippen molar-refractivity contribution in [2.24, 2.45) is 5.73 Å². The van der Waals surface area contributed by atoms with E-state index in [2.05, 4.69) is 9.97 Å². The lowest BCUT2D eigenvalue weighted by molar-refractivity contribution is -0.134. The van der Waals surface area contributed by atoms with Crippen LogP contribution in [0.2, 0.25) is 0 Å². The van der Waals surface area contributed by atoms with Crippen molar-refractivity contribution in [2.45, 2.75) is 13.0 Å². The summed E-state index contributed by atoms with van der Waals surface area (Å²) in [6.07, 6.45) is 2.25. The van der Waals surface area contributed by atoms with Gasteiger partial charge in [0.2, 0.25) is 5.82 Å². The minimum Gasteiger partial charge on any atom is -0.484 e. The SMILES string of the molecule is NC(=O)c1ncc2c(n1)CN(C(=O)COc1ccccc1)CC2. The Bertz CT molecular complexity index is 733. The first-order chi connectivity index (χ1) is 11.1. The predicted octanol–water partition coefficient (Wildman–Crippen LogP) is 0.539. The molecule has 7 nitrogen and oxygen atoms in total. The summed E-state index contributed by atoms with van der Waals surface area (Å²) in [5.41, 5.74) is 6.78. The number of para-hydroxylation sites is 1. The van der Waals surface area contributed by atoms with Crippen molar-refractivity contribution in [1.29, 1.82) is 0 Å². The zero-order valence-corrected chi connectivity index (χ0v) is 12.4. The molecule has 1 aromatic carbocycles. The lowest BCUT2D eigenvalue weighted by Gasteiger charge is -2.28. The molecule has 2 aromatic rings. The van der Waals surface area contributed by atoms with E-state index in [1.807, 2.05) is 18.2 Å². The molecule has 0 saturated heterocycles. The van der Waals surface area contributed by atoms with Gasteiger partial charge in [0.25, 0.3) is 11.8 Å². The molecule has 118 valence electrons. The molecule has 0 saturated carbocycles. The highest BCUT2D eigenvalue weighted by Gasteiger charge is 2.23. The lowest BCUT2D eigenvalue weighted by atomic mass is 10.1. The van der Waals surface area contributed by atoms with Gasteiger partial charge in [0.05, 0.1) is 12.2 Å².